The van der Waals surface area contributed by atoms with Gasteiger partial charge in [0.2, 0.25) is 5.82 Å². The van der Waals surface area contributed by atoms with Crippen LogP contribution in [0.15, 0.2) is 60.9 Å². The minimum absolute atomic E-state index is 0.00261. The van der Waals surface area contributed by atoms with E-state index in [1.807, 2.05) is 0 Å². The topological polar surface area (TPSA) is 138 Å². The van der Waals surface area contributed by atoms with Gasteiger partial charge in [0, 0.05) is 24.6 Å². The molecule has 0 saturated heterocycles. The molecule has 32 heavy (non-hydrogen) atoms. The zero-order valence-electron chi connectivity index (χ0n) is 20.2. The lowest BCUT2D eigenvalue weighted by molar-refractivity contribution is 0.0944. The Morgan fingerprint density at radius 1 is 0.906 bits per heavy atom. The molecule has 10 nitrogen and oxygen atoms in total. The Balaban J connectivity index is 1.46. The van der Waals surface area contributed by atoms with E-state index < -0.39 is 30.6 Å². The van der Waals surface area contributed by atoms with Gasteiger partial charge in [-0.2, -0.15) is 5.21 Å². The zero-order valence-corrected chi connectivity index (χ0v) is 16.2. The second-order valence-corrected chi connectivity index (χ2v) is 6.27. The van der Waals surface area contributed by atoms with Crippen LogP contribution in [-0.2, 0) is 13.0 Å². The van der Waals surface area contributed by atoms with E-state index in [1.54, 1.807) is 12.1 Å². The minimum Gasteiger partial charge on any atom is -0.347 e. The third kappa shape index (κ3) is 5.14. The molecule has 0 aliphatic rings. The summed E-state index contributed by atoms with van der Waals surface area (Å²) >= 11 is 0. The number of nitrogens with zero attached hydrogens (tertiary/aromatic N) is 5. The van der Waals surface area contributed by atoms with Crippen LogP contribution in [0, 0.1) is 5.82 Å². The Hall–Kier alpha value is -4.54. The van der Waals surface area contributed by atoms with Crippen LogP contribution in [-0.4, -0.2) is 42.4 Å². The second-order valence-electron chi connectivity index (χ2n) is 6.27. The van der Waals surface area contributed by atoms with E-state index in [-0.39, 0.29) is 22.5 Å². The van der Waals surface area contributed by atoms with Gasteiger partial charge in [-0.05, 0) is 28.5 Å². The van der Waals surface area contributed by atoms with Crippen molar-refractivity contribution in [3.63, 3.8) is 0 Å². The van der Waals surface area contributed by atoms with E-state index in [1.165, 1.54) is 24.3 Å². The maximum absolute atomic E-state index is 13.1. The largest absolute Gasteiger partial charge is 0.347 e. The van der Waals surface area contributed by atoms with Gasteiger partial charge in [-0.25, -0.2) is 14.4 Å². The van der Waals surface area contributed by atoms with E-state index in [9.17, 15) is 14.0 Å². The highest BCUT2D eigenvalue weighted by molar-refractivity contribution is 5.97. The molecular formula is C21H17FN8O2. The highest BCUT2D eigenvalue weighted by atomic mass is 19.1. The molecule has 0 aliphatic heterocycles. The Kier molecular flexibility index (Phi) is 4.81. The lowest BCUT2D eigenvalue weighted by Crippen LogP contribution is -2.27. The van der Waals surface area contributed by atoms with Crippen molar-refractivity contribution in [2.45, 2.75) is 13.0 Å². The number of benzene rings is 2. The van der Waals surface area contributed by atoms with E-state index in [4.69, 9.17) is 5.48 Å². The van der Waals surface area contributed by atoms with Crippen LogP contribution >= 0.6 is 0 Å². The van der Waals surface area contributed by atoms with Crippen LogP contribution in [0.1, 0.15) is 37.6 Å². The van der Waals surface area contributed by atoms with Crippen LogP contribution in [0.25, 0.3) is 11.4 Å². The number of hydrogen-bond acceptors (Lipinski definition) is 7. The number of carbonyl (C=O) groups is 2. The number of halogens is 1. The summed E-state index contributed by atoms with van der Waals surface area (Å²) < 4.78 is 45.7. The quantitative estimate of drug-likeness (QED) is 0.400. The Labute approximate surface area is 186 Å². The molecule has 0 radical (unpaired) electrons. The van der Waals surface area contributed by atoms with Crippen molar-refractivity contribution in [1.82, 2.24) is 41.2 Å². The van der Waals surface area contributed by atoms with Gasteiger partial charge < -0.3 is 10.6 Å². The van der Waals surface area contributed by atoms with E-state index in [2.05, 4.69) is 41.2 Å². The zero-order chi connectivity index (χ0) is 25.9. The van der Waals surface area contributed by atoms with Gasteiger partial charge in [0.1, 0.15) is 23.5 Å². The fourth-order valence-corrected chi connectivity index (χ4v) is 2.51. The van der Waals surface area contributed by atoms with Gasteiger partial charge >= 0.3 is 0 Å². The molecule has 11 heteroatoms. The van der Waals surface area contributed by atoms with Gasteiger partial charge in [-0.15, -0.1) is 10.2 Å². The summed E-state index contributed by atoms with van der Waals surface area (Å²) in [6, 6.07) is 11.5. The number of aromatic amines is 1. The minimum atomic E-state index is -2.36. The first kappa shape index (κ1) is 16.2. The molecule has 4 aromatic rings. The number of rotatable bonds is 7. The first-order valence-corrected chi connectivity index (χ1v) is 9.13. The van der Waals surface area contributed by atoms with Crippen LogP contribution in [0.2, 0.25) is 0 Å². The van der Waals surface area contributed by atoms with Gasteiger partial charge in [-0.1, -0.05) is 36.4 Å². The predicted molar refractivity (Wildman–Crippen MR) is 110 cm³/mol. The third-order valence-corrected chi connectivity index (χ3v) is 4.11. The van der Waals surface area contributed by atoms with Crippen molar-refractivity contribution in [1.29, 1.82) is 0 Å². The van der Waals surface area contributed by atoms with E-state index in [0.717, 1.165) is 24.5 Å². The lowest BCUT2D eigenvalue weighted by Gasteiger charge is -2.07. The second kappa shape index (κ2) is 9.51. The summed E-state index contributed by atoms with van der Waals surface area (Å²) in [5, 5.41) is 17.8. The molecule has 0 bridgehead atoms. The van der Waals surface area contributed by atoms with Crippen molar-refractivity contribution in [2.75, 3.05) is 0 Å². The maximum atomic E-state index is 13.1. The number of nitrogens with one attached hydrogen (secondary N) is 3. The summed E-state index contributed by atoms with van der Waals surface area (Å²) in [5.74, 6) is -2.13. The average Bonchev–Trinajstić information content (AvgIpc) is 3.39. The fourth-order valence-electron chi connectivity index (χ4n) is 2.51. The predicted octanol–water partition coefficient (Wildman–Crippen LogP) is 1.66. The molecule has 0 atom stereocenters. The molecule has 2 aromatic carbocycles. The maximum Gasteiger partial charge on any atom is 0.270 e. The molecule has 2 amide bonds. The number of amides is 2. The first-order valence-electron chi connectivity index (χ1n) is 11.1. The van der Waals surface area contributed by atoms with Crippen molar-refractivity contribution in [2.24, 2.45) is 0 Å². The van der Waals surface area contributed by atoms with Crippen molar-refractivity contribution in [3.05, 3.63) is 89.3 Å². The number of carbonyl (C=O) groups excluding carboxylic acids is 2. The van der Waals surface area contributed by atoms with Crippen LogP contribution in [0.5, 0.6) is 0 Å². The molecular weight excluding hydrogens is 415 g/mol. The van der Waals surface area contributed by atoms with Gasteiger partial charge in [0.25, 0.3) is 11.8 Å². The summed E-state index contributed by atoms with van der Waals surface area (Å²) in [7, 11) is 0. The summed E-state index contributed by atoms with van der Waals surface area (Å²) in [6.07, 6.45) is 0.923. The highest BCUT2D eigenvalue weighted by Gasteiger charge is 2.13. The van der Waals surface area contributed by atoms with Crippen LogP contribution in [0.3, 0.4) is 0 Å². The van der Waals surface area contributed by atoms with Crippen molar-refractivity contribution in [3.8, 4) is 11.4 Å². The Morgan fingerprint density at radius 2 is 1.47 bits per heavy atom. The van der Waals surface area contributed by atoms with Gasteiger partial charge in [-0.3, -0.25) is 9.59 Å². The number of H-pyrrole nitrogens is 1. The molecule has 0 fully saturated rings. The average molecular weight is 436 g/mol. The number of aromatic nitrogens is 6. The molecule has 2 aromatic heterocycles. The molecule has 0 spiro atoms. The van der Waals surface area contributed by atoms with Gasteiger partial charge in [0.15, 0.2) is 0 Å². The molecule has 3 N–H and O–H groups in total. The molecule has 2 heterocycles. The third-order valence-electron chi connectivity index (χ3n) is 4.11. The molecule has 0 saturated carbocycles. The normalized spacial score (nSPS) is 13.3. The van der Waals surface area contributed by atoms with Crippen LogP contribution < -0.4 is 10.6 Å². The summed E-state index contributed by atoms with van der Waals surface area (Å²) in [4.78, 5) is 32.8. The first-order chi connectivity index (χ1) is 17.0. The fraction of sp³-hybridized carbons (Fsp3) is 0.0952. The highest BCUT2D eigenvalue weighted by Crippen LogP contribution is 2.14. The van der Waals surface area contributed by atoms with Crippen molar-refractivity contribution >= 4 is 11.8 Å². The summed E-state index contributed by atoms with van der Waals surface area (Å²) in [5.41, 5.74) is 0.0722. The van der Waals surface area contributed by atoms with E-state index in [0.29, 0.717) is 11.4 Å². The Morgan fingerprint density at radius 3 is 2.00 bits per heavy atom. The number of hydrogen-bond donors (Lipinski definition) is 3. The van der Waals surface area contributed by atoms with Crippen molar-refractivity contribution < 1.29 is 19.5 Å². The monoisotopic (exact) mass is 436 g/mol. The standard InChI is InChI=1S/C21H17FN8O2/c22-16-7-3-14(4-8-16)11-24-21(32)18-9-17(25-12-26-18)20(31)23-10-13-1-5-15(6-2-13)19-27-29-30-28-19/h1-9,12H,10-11H2,(H,23,31)(H,24,32)(H,27,28,29,30)/i10D2,11D2. The molecule has 4 rings (SSSR count). The summed E-state index contributed by atoms with van der Waals surface area (Å²) in [6.45, 7) is -4.66. The van der Waals surface area contributed by atoms with Gasteiger partial charge in [0.05, 0.1) is 5.48 Å². The molecule has 160 valence electrons. The smallest absolute Gasteiger partial charge is 0.270 e. The Bertz CT molecular complexity index is 1380. The number of tetrazole rings is 1. The molecule has 0 aliphatic carbocycles. The SMILES string of the molecule is [2H]C([2H])(NC(=O)c1cc(C(=O)NC([2H])([2H])c2ccc(-c3nn[nH]n3)cc2)ncn1)c1ccc(F)cc1. The lowest BCUT2D eigenvalue weighted by atomic mass is 10.1. The molecule has 0 unspecified atom stereocenters. The van der Waals surface area contributed by atoms with Crippen LogP contribution in [0.4, 0.5) is 4.39 Å². The van der Waals surface area contributed by atoms with E-state index >= 15 is 0 Å².